The third-order valence-corrected chi connectivity index (χ3v) is 4.71. The zero-order chi connectivity index (χ0) is 18.8. The predicted molar refractivity (Wildman–Crippen MR) is 106 cm³/mol. The minimum atomic E-state index is -0.214. The second-order valence-electron chi connectivity index (χ2n) is 6.60. The molecular formula is C22H19N3O2. The number of rotatable bonds is 4. The van der Waals surface area contributed by atoms with Crippen molar-refractivity contribution in [2.75, 3.05) is 16.8 Å². The number of fused-ring (bicyclic) bond motifs is 1. The van der Waals surface area contributed by atoms with Gasteiger partial charge in [-0.1, -0.05) is 30.3 Å². The maximum absolute atomic E-state index is 12.5. The molecule has 0 saturated heterocycles. The molecule has 1 aromatic heterocycles. The van der Waals surface area contributed by atoms with Crippen LogP contribution in [0.5, 0.6) is 0 Å². The molecule has 1 N–H and O–H groups in total. The molecular weight excluding hydrogens is 338 g/mol. The Hall–Kier alpha value is -3.47. The second kappa shape index (κ2) is 7.03. The van der Waals surface area contributed by atoms with Gasteiger partial charge in [0.05, 0.1) is 6.42 Å². The van der Waals surface area contributed by atoms with Crippen LogP contribution in [-0.4, -0.2) is 23.3 Å². The second-order valence-corrected chi connectivity index (χ2v) is 6.60. The molecule has 5 nitrogen and oxygen atoms in total. The van der Waals surface area contributed by atoms with E-state index in [9.17, 15) is 9.59 Å². The molecule has 0 atom stereocenters. The van der Waals surface area contributed by atoms with Crippen molar-refractivity contribution < 1.29 is 9.59 Å². The van der Waals surface area contributed by atoms with E-state index >= 15 is 0 Å². The number of benzene rings is 2. The molecule has 2 amide bonds. The van der Waals surface area contributed by atoms with Crippen LogP contribution in [0.15, 0.2) is 67.0 Å². The van der Waals surface area contributed by atoms with Gasteiger partial charge in [0, 0.05) is 29.3 Å². The SMILES string of the molecule is Cc1cc(NC(=O)CN2C(=O)Cc3ccccc32)ccc1-c1cccnc1. The normalized spacial score (nSPS) is 12.8. The van der Waals surface area contributed by atoms with E-state index in [1.807, 2.05) is 67.7 Å². The number of hydrogen-bond donors (Lipinski definition) is 1. The van der Waals surface area contributed by atoms with Crippen LogP contribution < -0.4 is 10.2 Å². The lowest BCUT2D eigenvalue weighted by atomic mass is 10.0. The highest BCUT2D eigenvalue weighted by Crippen LogP contribution is 2.28. The van der Waals surface area contributed by atoms with Gasteiger partial charge in [0.15, 0.2) is 0 Å². The van der Waals surface area contributed by atoms with E-state index < -0.39 is 0 Å². The molecule has 0 spiro atoms. The first-order valence-electron chi connectivity index (χ1n) is 8.81. The van der Waals surface area contributed by atoms with Crippen molar-refractivity contribution in [2.24, 2.45) is 0 Å². The molecule has 0 fully saturated rings. The van der Waals surface area contributed by atoms with Gasteiger partial charge in [0.25, 0.3) is 0 Å². The third-order valence-electron chi connectivity index (χ3n) is 4.71. The van der Waals surface area contributed by atoms with Gasteiger partial charge in [-0.3, -0.25) is 14.6 Å². The van der Waals surface area contributed by atoms with Crippen molar-refractivity contribution >= 4 is 23.2 Å². The zero-order valence-electron chi connectivity index (χ0n) is 15.0. The summed E-state index contributed by atoms with van der Waals surface area (Å²) in [5.41, 5.74) is 5.65. The highest BCUT2D eigenvalue weighted by molar-refractivity contribution is 6.07. The van der Waals surface area contributed by atoms with Crippen molar-refractivity contribution in [3.05, 3.63) is 78.1 Å². The molecule has 1 aliphatic heterocycles. The minimum absolute atomic E-state index is 0.0131. The predicted octanol–water partition coefficient (Wildman–Crippen LogP) is 3.58. The number of pyridine rings is 1. The fraction of sp³-hybridized carbons (Fsp3) is 0.136. The first kappa shape index (κ1) is 17.0. The first-order valence-corrected chi connectivity index (χ1v) is 8.81. The van der Waals surface area contributed by atoms with Crippen LogP contribution in [0.2, 0.25) is 0 Å². The number of aryl methyl sites for hydroxylation is 1. The molecule has 134 valence electrons. The molecule has 27 heavy (non-hydrogen) atoms. The highest BCUT2D eigenvalue weighted by atomic mass is 16.2. The number of nitrogens with zero attached hydrogens (tertiary/aromatic N) is 2. The fourth-order valence-electron chi connectivity index (χ4n) is 3.42. The molecule has 5 heteroatoms. The quantitative estimate of drug-likeness (QED) is 0.776. The van der Waals surface area contributed by atoms with Crippen molar-refractivity contribution in [1.29, 1.82) is 0 Å². The number of aromatic nitrogens is 1. The number of amides is 2. The molecule has 0 aliphatic carbocycles. The Morgan fingerprint density at radius 2 is 2.00 bits per heavy atom. The molecule has 3 aromatic rings. The van der Waals surface area contributed by atoms with Gasteiger partial charge in [-0.2, -0.15) is 0 Å². The Kier molecular flexibility index (Phi) is 4.42. The highest BCUT2D eigenvalue weighted by Gasteiger charge is 2.28. The monoisotopic (exact) mass is 357 g/mol. The lowest BCUT2D eigenvalue weighted by Gasteiger charge is -2.17. The van der Waals surface area contributed by atoms with E-state index in [1.54, 1.807) is 11.1 Å². The van der Waals surface area contributed by atoms with Gasteiger partial charge < -0.3 is 10.2 Å². The average Bonchev–Trinajstić information content (AvgIpc) is 2.98. The van der Waals surface area contributed by atoms with E-state index in [2.05, 4.69) is 10.3 Å². The van der Waals surface area contributed by atoms with E-state index in [4.69, 9.17) is 0 Å². The van der Waals surface area contributed by atoms with Crippen molar-refractivity contribution in [2.45, 2.75) is 13.3 Å². The van der Waals surface area contributed by atoms with Crippen LogP contribution >= 0.6 is 0 Å². The molecule has 0 radical (unpaired) electrons. The Morgan fingerprint density at radius 3 is 2.78 bits per heavy atom. The number of nitrogens with one attached hydrogen (secondary N) is 1. The van der Waals surface area contributed by atoms with Crippen molar-refractivity contribution in [1.82, 2.24) is 4.98 Å². The van der Waals surface area contributed by atoms with Gasteiger partial charge in [0.2, 0.25) is 11.8 Å². The van der Waals surface area contributed by atoms with E-state index in [1.165, 1.54) is 0 Å². The fourth-order valence-corrected chi connectivity index (χ4v) is 3.42. The third kappa shape index (κ3) is 3.44. The molecule has 0 saturated carbocycles. The smallest absolute Gasteiger partial charge is 0.244 e. The van der Waals surface area contributed by atoms with E-state index in [-0.39, 0.29) is 18.4 Å². The number of hydrogen-bond acceptors (Lipinski definition) is 3. The summed E-state index contributed by atoms with van der Waals surface area (Å²) in [5, 5.41) is 2.89. The molecule has 1 aliphatic rings. The van der Waals surface area contributed by atoms with Gasteiger partial charge in [-0.25, -0.2) is 0 Å². The Morgan fingerprint density at radius 1 is 1.15 bits per heavy atom. The summed E-state index contributed by atoms with van der Waals surface area (Å²) in [6, 6.07) is 17.3. The first-order chi connectivity index (χ1) is 13.1. The molecule has 0 unspecified atom stereocenters. The lowest BCUT2D eigenvalue weighted by Crippen LogP contribution is -2.35. The van der Waals surface area contributed by atoms with Gasteiger partial charge in [0.1, 0.15) is 6.54 Å². The number of para-hydroxylation sites is 1. The summed E-state index contributed by atoms with van der Waals surface area (Å²) < 4.78 is 0. The topological polar surface area (TPSA) is 62.3 Å². The van der Waals surface area contributed by atoms with Crippen LogP contribution in [0.4, 0.5) is 11.4 Å². The van der Waals surface area contributed by atoms with Crippen LogP contribution in [0.3, 0.4) is 0 Å². The summed E-state index contributed by atoms with van der Waals surface area (Å²) >= 11 is 0. The van der Waals surface area contributed by atoms with Crippen LogP contribution in [0.1, 0.15) is 11.1 Å². The van der Waals surface area contributed by atoms with Gasteiger partial charge in [-0.05, 0) is 47.9 Å². The standard InChI is InChI=1S/C22H19N3O2/c1-15-11-18(8-9-19(15)17-6-4-10-23-13-17)24-21(26)14-25-20-7-3-2-5-16(20)12-22(25)27/h2-11,13H,12,14H2,1H3,(H,24,26). The van der Waals surface area contributed by atoms with Crippen LogP contribution in [-0.2, 0) is 16.0 Å². The molecule has 0 bridgehead atoms. The number of anilines is 2. The maximum atomic E-state index is 12.5. The largest absolute Gasteiger partial charge is 0.325 e. The number of carbonyl (C=O) groups excluding carboxylic acids is 2. The summed E-state index contributed by atoms with van der Waals surface area (Å²) in [5.74, 6) is -0.261. The van der Waals surface area contributed by atoms with Crippen molar-refractivity contribution in [3.8, 4) is 11.1 Å². The molecule has 2 aromatic carbocycles. The summed E-state index contributed by atoms with van der Waals surface area (Å²) in [6.45, 7) is 2.01. The number of carbonyl (C=O) groups is 2. The van der Waals surface area contributed by atoms with E-state index in [0.717, 1.165) is 27.9 Å². The van der Waals surface area contributed by atoms with E-state index in [0.29, 0.717) is 12.1 Å². The molecule has 2 heterocycles. The Labute approximate surface area is 157 Å². The summed E-state index contributed by atoms with van der Waals surface area (Å²) in [4.78, 5) is 30.4. The Bertz CT molecular complexity index is 1020. The van der Waals surface area contributed by atoms with Crippen molar-refractivity contribution in [3.63, 3.8) is 0 Å². The van der Waals surface area contributed by atoms with Crippen LogP contribution in [0.25, 0.3) is 11.1 Å². The molecule has 4 rings (SSSR count). The summed E-state index contributed by atoms with van der Waals surface area (Å²) in [6.07, 6.45) is 3.91. The summed E-state index contributed by atoms with van der Waals surface area (Å²) in [7, 11) is 0. The maximum Gasteiger partial charge on any atom is 0.244 e. The minimum Gasteiger partial charge on any atom is -0.325 e. The van der Waals surface area contributed by atoms with Crippen LogP contribution in [0, 0.1) is 6.92 Å². The lowest BCUT2D eigenvalue weighted by molar-refractivity contribution is -0.120. The Balaban J connectivity index is 1.48. The zero-order valence-corrected chi connectivity index (χ0v) is 15.0. The van der Waals surface area contributed by atoms with Gasteiger partial charge >= 0.3 is 0 Å². The average molecular weight is 357 g/mol. The van der Waals surface area contributed by atoms with Gasteiger partial charge in [-0.15, -0.1) is 0 Å².